The quantitative estimate of drug-likeness (QED) is 0.147. The summed E-state index contributed by atoms with van der Waals surface area (Å²) >= 11 is 4.54. The van der Waals surface area contributed by atoms with Crippen LogP contribution in [0.3, 0.4) is 0 Å². The van der Waals surface area contributed by atoms with Crippen LogP contribution in [0.15, 0.2) is 26.9 Å². The summed E-state index contributed by atoms with van der Waals surface area (Å²) in [6.45, 7) is 3.99. The second-order valence-electron chi connectivity index (χ2n) is 8.02. The number of hydrogen-bond donors (Lipinski definition) is 7. The molecule has 0 unspecified atom stereocenters. The summed E-state index contributed by atoms with van der Waals surface area (Å²) in [6.07, 6.45) is 2.98. The molecular weight excluding hydrogens is 450 g/mol. The first-order chi connectivity index (χ1) is 15.5. The van der Waals surface area contributed by atoms with Crippen molar-refractivity contribution in [3.8, 4) is 0 Å². The van der Waals surface area contributed by atoms with Crippen LogP contribution in [0.2, 0.25) is 0 Å². The molecule has 11 nitrogen and oxygen atoms in total. The highest BCUT2D eigenvalue weighted by Crippen LogP contribution is 2.26. The Morgan fingerprint density at radius 1 is 1.30 bits per heavy atom. The molecule has 0 aromatic carbocycles. The fraction of sp³-hybridized carbons (Fsp3) is 0.476. The fourth-order valence-corrected chi connectivity index (χ4v) is 3.66. The molecule has 180 valence electrons. The molecule has 1 amide bonds. The summed E-state index contributed by atoms with van der Waals surface area (Å²) in [5.74, 6) is -2.24. The standard InChI is InChI=1S/C21H29N5O6S/c1-10(7-11(2)18(29)24-14(20(31)32)4-6-16(27)28)15(33)5-3-12-8-13-17(23-9-12)25-21(22)26-19(13)30/h7,12,14,33H,3-6,8-9H2,1-2H3,(H,24,29)(H,27,28)(H,31,32)(H4,22,23,25,26,30)/b11-7+,15-10-/t12-,14+/m1/s1. The maximum absolute atomic E-state index is 12.3. The van der Waals surface area contributed by atoms with Crippen LogP contribution in [0.25, 0.3) is 0 Å². The topological polar surface area (TPSA) is 188 Å². The number of nitrogens with one attached hydrogen (secondary N) is 3. The number of aromatic nitrogens is 2. The minimum atomic E-state index is -1.29. The lowest BCUT2D eigenvalue weighted by Crippen LogP contribution is -2.41. The molecule has 7 N–H and O–H groups in total. The van der Waals surface area contributed by atoms with Gasteiger partial charge in [0, 0.05) is 18.5 Å². The summed E-state index contributed by atoms with van der Waals surface area (Å²) in [5, 5.41) is 23.4. The number of carboxylic acids is 2. The molecule has 0 saturated heterocycles. The lowest BCUT2D eigenvalue weighted by Gasteiger charge is -2.24. The van der Waals surface area contributed by atoms with Gasteiger partial charge in [0.2, 0.25) is 11.9 Å². The van der Waals surface area contributed by atoms with Gasteiger partial charge >= 0.3 is 11.9 Å². The third-order valence-electron chi connectivity index (χ3n) is 5.37. The van der Waals surface area contributed by atoms with Crippen molar-refractivity contribution in [2.75, 3.05) is 17.6 Å². The van der Waals surface area contributed by atoms with Crippen molar-refractivity contribution in [1.82, 2.24) is 15.3 Å². The van der Waals surface area contributed by atoms with Gasteiger partial charge in [-0.15, -0.1) is 12.6 Å². The number of hydrogen-bond acceptors (Lipinski definition) is 8. The van der Waals surface area contributed by atoms with Crippen LogP contribution >= 0.6 is 12.6 Å². The van der Waals surface area contributed by atoms with Gasteiger partial charge in [0.1, 0.15) is 11.9 Å². The van der Waals surface area contributed by atoms with Crippen molar-refractivity contribution in [2.45, 2.75) is 52.0 Å². The van der Waals surface area contributed by atoms with Crippen molar-refractivity contribution in [3.63, 3.8) is 0 Å². The van der Waals surface area contributed by atoms with Crippen molar-refractivity contribution in [1.29, 1.82) is 0 Å². The van der Waals surface area contributed by atoms with Crippen LogP contribution in [0.4, 0.5) is 11.8 Å². The Bertz CT molecular complexity index is 1050. The number of carbonyl (C=O) groups is 3. The first kappa shape index (κ1) is 26.0. The van der Waals surface area contributed by atoms with Gasteiger partial charge in [-0.2, -0.15) is 4.98 Å². The van der Waals surface area contributed by atoms with Gasteiger partial charge in [0.05, 0.1) is 5.56 Å². The van der Waals surface area contributed by atoms with E-state index in [1.807, 2.05) is 0 Å². The maximum Gasteiger partial charge on any atom is 0.326 e. The Morgan fingerprint density at radius 2 is 2.00 bits per heavy atom. The van der Waals surface area contributed by atoms with Crippen LogP contribution in [-0.4, -0.2) is 50.6 Å². The summed E-state index contributed by atoms with van der Waals surface area (Å²) in [4.78, 5) is 53.8. The number of carbonyl (C=O) groups excluding carboxylic acids is 1. The van der Waals surface area contributed by atoms with Gasteiger partial charge in [-0.3, -0.25) is 19.4 Å². The van der Waals surface area contributed by atoms with Crippen LogP contribution in [-0.2, 0) is 20.8 Å². The Hall–Kier alpha value is -3.28. The average Bonchev–Trinajstić information content (AvgIpc) is 2.74. The summed E-state index contributed by atoms with van der Waals surface area (Å²) in [5.41, 5.74) is 6.92. The van der Waals surface area contributed by atoms with E-state index in [0.29, 0.717) is 30.8 Å². The van der Waals surface area contributed by atoms with E-state index in [2.05, 4.69) is 33.2 Å². The van der Waals surface area contributed by atoms with Gasteiger partial charge in [-0.05, 0) is 55.9 Å². The number of H-pyrrole nitrogens is 1. The number of aromatic amines is 1. The SMILES string of the molecule is CC(/C=C(\C)C(=O)N[C@@H](CCC(=O)O)C(=O)O)=C(/S)CC[C@H]1CNc2nc(N)[nH]c(=O)c2C1. The zero-order chi connectivity index (χ0) is 24.7. The van der Waals surface area contributed by atoms with Gasteiger partial charge < -0.3 is 26.6 Å². The van der Waals surface area contributed by atoms with Gasteiger partial charge in [0.25, 0.3) is 5.56 Å². The number of amides is 1. The molecule has 0 aliphatic carbocycles. The zero-order valence-corrected chi connectivity index (χ0v) is 19.4. The number of nitrogens with two attached hydrogens (primary N) is 1. The second kappa shape index (κ2) is 11.5. The summed E-state index contributed by atoms with van der Waals surface area (Å²) in [7, 11) is 0. The highest BCUT2D eigenvalue weighted by Gasteiger charge is 2.23. The van der Waals surface area contributed by atoms with E-state index >= 15 is 0 Å². The van der Waals surface area contributed by atoms with Crippen LogP contribution < -0.4 is 21.9 Å². The first-order valence-electron chi connectivity index (χ1n) is 10.4. The number of allylic oxidation sites excluding steroid dienone is 3. The highest BCUT2D eigenvalue weighted by molar-refractivity contribution is 7.84. The van der Waals surface area contributed by atoms with E-state index < -0.39 is 23.9 Å². The number of thiol groups is 1. The van der Waals surface area contributed by atoms with E-state index in [-0.39, 0.29) is 35.8 Å². The Balaban J connectivity index is 1.97. The van der Waals surface area contributed by atoms with E-state index in [9.17, 15) is 24.3 Å². The van der Waals surface area contributed by atoms with Crippen LogP contribution in [0.1, 0.15) is 45.1 Å². The largest absolute Gasteiger partial charge is 0.481 e. The van der Waals surface area contributed by atoms with Crippen molar-refractivity contribution >= 4 is 42.2 Å². The van der Waals surface area contributed by atoms with E-state index in [1.54, 1.807) is 19.9 Å². The average molecular weight is 480 g/mol. The first-order valence-corrected chi connectivity index (χ1v) is 10.9. The summed E-state index contributed by atoms with van der Waals surface area (Å²) < 4.78 is 0. The second-order valence-corrected chi connectivity index (χ2v) is 8.56. The van der Waals surface area contributed by atoms with E-state index in [0.717, 1.165) is 16.9 Å². The molecule has 12 heteroatoms. The smallest absolute Gasteiger partial charge is 0.326 e. The van der Waals surface area contributed by atoms with Gasteiger partial charge in [-0.1, -0.05) is 6.08 Å². The molecule has 0 saturated carbocycles. The van der Waals surface area contributed by atoms with Crippen molar-refractivity contribution in [2.24, 2.45) is 5.92 Å². The Morgan fingerprint density at radius 3 is 2.64 bits per heavy atom. The molecule has 0 spiro atoms. The van der Waals surface area contributed by atoms with Crippen molar-refractivity contribution in [3.05, 3.63) is 38.0 Å². The molecule has 0 radical (unpaired) electrons. The predicted octanol–water partition coefficient (Wildman–Crippen LogP) is 1.30. The lowest BCUT2D eigenvalue weighted by molar-refractivity contribution is -0.142. The molecule has 1 aromatic rings. The molecule has 1 aliphatic rings. The zero-order valence-electron chi connectivity index (χ0n) is 18.5. The number of nitrogen functional groups attached to an aromatic ring is 1. The molecule has 0 fully saturated rings. The monoisotopic (exact) mass is 479 g/mol. The van der Waals surface area contributed by atoms with Crippen LogP contribution in [0.5, 0.6) is 0 Å². The number of rotatable bonds is 10. The lowest BCUT2D eigenvalue weighted by atomic mass is 9.92. The molecule has 2 atom stereocenters. The predicted molar refractivity (Wildman–Crippen MR) is 126 cm³/mol. The number of fused-ring (bicyclic) bond motifs is 1. The molecule has 33 heavy (non-hydrogen) atoms. The molecule has 1 aromatic heterocycles. The van der Waals surface area contributed by atoms with Gasteiger partial charge in [0.15, 0.2) is 0 Å². The molecular formula is C21H29N5O6S. The van der Waals surface area contributed by atoms with E-state index in [4.69, 9.17) is 10.8 Å². The highest BCUT2D eigenvalue weighted by atomic mass is 32.1. The number of carboxylic acid groups (broad SMARTS) is 2. The van der Waals surface area contributed by atoms with E-state index in [1.165, 1.54) is 0 Å². The summed E-state index contributed by atoms with van der Waals surface area (Å²) in [6, 6.07) is -1.29. The van der Waals surface area contributed by atoms with Gasteiger partial charge in [-0.25, -0.2) is 4.79 Å². The Kier molecular flexibility index (Phi) is 9.09. The number of aliphatic carboxylic acids is 2. The number of anilines is 2. The van der Waals surface area contributed by atoms with Crippen LogP contribution in [0, 0.1) is 5.92 Å². The normalized spacial score (nSPS) is 17.3. The molecule has 1 aliphatic heterocycles. The fourth-order valence-electron chi connectivity index (χ4n) is 3.47. The third-order valence-corrected chi connectivity index (χ3v) is 5.95. The Labute approximate surface area is 196 Å². The minimum Gasteiger partial charge on any atom is -0.481 e. The number of nitrogens with zero attached hydrogens (tertiary/aromatic N) is 1. The minimum absolute atomic E-state index is 0.0728. The molecule has 2 rings (SSSR count). The molecule has 2 heterocycles. The van der Waals surface area contributed by atoms with Crippen molar-refractivity contribution < 1.29 is 24.6 Å². The maximum atomic E-state index is 12.3. The third kappa shape index (κ3) is 7.67. The molecule has 0 bridgehead atoms.